The first-order valence-corrected chi connectivity index (χ1v) is 7.44. The van der Waals surface area contributed by atoms with Gasteiger partial charge in [-0.1, -0.05) is 6.07 Å². The van der Waals surface area contributed by atoms with Crippen LogP contribution in [0.2, 0.25) is 0 Å². The van der Waals surface area contributed by atoms with Gasteiger partial charge in [-0.05, 0) is 57.2 Å². The first-order chi connectivity index (χ1) is 9.28. The van der Waals surface area contributed by atoms with Gasteiger partial charge in [-0.3, -0.25) is 4.98 Å². The molecule has 1 heterocycles. The number of likely N-dealkylation sites (N-methyl/N-ethyl adjacent to an activating group) is 1. The molecular weight excluding hydrogens is 236 g/mol. The van der Waals surface area contributed by atoms with Gasteiger partial charge in [0.2, 0.25) is 0 Å². The third-order valence-electron chi connectivity index (χ3n) is 5.15. The summed E-state index contributed by atoms with van der Waals surface area (Å²) >= 11 is 0. The molecule has 1 aromatic rings. The number of methoxy groups -OCH3 is 1. The highest BCUT2D eigenvalue weighted by Gasteiger charge is 2.42. The Morgan fingerprint density at radius 3 is 3.00 bits per heavy atom. The number of fused-ring (bicyclic) bond motifs is 1. The molecule has 0 radical (unpaired) electrons. The summed E-state index contributed by atoms with van der Waals surface area (Å²) in [5.41, 5.74) is 2.88. The van der Waals surface area contributed by atoms with Crippen LogP contribution >= 0.6 is 0 Å². The fourth-order valence-corrected chi connectivity index (χ4v) is 3.74. The fourth-order valence-electron chi connectivity index (χ4n) is 3.74. The molecule has 3 heteroatoms. The van der Waals surface area contributed by atoms with Crippen LogP contribution in [0.3, 0.4) is 0 Å². The lowest BCUT2D eigenvalue weighted by Gasteiger charge is -2.44. The highest BCUT2D eigenvalue weighted by Crippen LogP contribution is 2.43. The maximum atomic E-state index is 5.79. The number of aryl methyl sites for hydroxylation is 1. The number of aromatic nitrogens is 1. The summed E-state index contributed by atoms with van der Waals surface area (Å²) in [5, 5.41) is 3.52. The molecule has 2 aliphatic rings. The molecule has 0 saturated heterocycles. The molecule has 0 bridgehead atoms. The van der Waals surface area contributed by atoms with E-state index in [0.717, 1.165) is 6.42 Å². The van der Waals surface area contributed by atoms with Crippen LogP contribution < -0.4 is 5.32 Å². The molecule has 2 unspecified atom stereocenters. The second-order valence-corrected chi connectivity index (χ2v) is 6.03. The van der Waals surface area contributed by atoms with Gasteiger partial charge in [0, 0.05) is 31.0 Å². The SMILES string of the molecule is CNC(CC1(OC)CCC1)C1CCc2cccnc21. The van der Waals surface area contributed by atoms with Gasteiger partial charge < -0.3 is 10.1 Å². The third-order valence-corrected chi connectivity index (χ3v) is 5.15. The number of ether oxygens (including phenoxy) is 1. The topological polar surface area (TPSA) is 34.1 Å². The number of nitrogens with one attached hydrogen (secondary N) is 1. The summed E-state index contributed by atoms with van der Waals surface area (Å²) in [4.78, 5) is 4.63. The van der Waals surface area contributed by atoms with Gasteiger partial charge >= 0.3 is 0 Å². The summed E-state index contributed by atoms with van der Waals surface area (Å²) in [7, 11) is 3.94. The molecule has 1 N–H and O–H groups in total. The summed E-state index contributed by atoms with van der Waals surface area (Å²) in [6.07, 6.45) is 9.17. The lowest BCUT2D eigenvalue weighted by atomic mass is 9.73. The molecule has 1 aromatic heterocycles. The number of pyridine rings is 1. The van der Waals surface area contributed by atoms with E-state index in [-0.39, 0.29) is 5.60 Å². The summed E-state index contributed by atoms with van der Waals surface area (Å²) in [5.74, 6) is 0.550. The molecule has 2 atom stereocenters. The van der Waals surface area contributed by atoms with Crippen molar-refractivity contribution in [2.24, 2.45) is 0 Å². The molecule has 0 aromatic carbocycles. The van der Waals surface area contributed by atoms with E-state index >= 15 is 0 Å². The molecule has 0 aliphatic heterocycles. The van der Waals surface area contributed by atoms with Crippen LogP contribution in [0.1, 0.15) is 49.3 Å². The fraction of sp³-hybridized carbons (Fsp3) is 0.688. The van der Waals surface area contributed by atoms with E-state index in [0.29, 0.717) is 12.0 Å². The van der Waals surface area contributed by atoms with Crippen molar-refractivity contribution in [2.45, 2.75) is 56.1 Å². The van der Waals surface area contributed by atoms with Crippen molar-refractivity contribution in [2.75, 3.05) is 14.2 Å². The average Bonchev–Trinajstić information content (AvgIpc) is 2.83. The van der Waals surface area contributed by atoms with Crippen molar-refractivity contribution >= 4 is 0 Å². The molecule has 0 amide bonds. The second-order valence-electron chi connectivity index (χ2n) is 6.03. The normalized spacial score (nSPS) is 25.7. The Bertz CT molecular complexity index is 437. The number of rotatable bonds is 5. The Labute approximate surface area is 115 Å². The Morgan fingerprint density at radius 1 is 1.53 bits per heavy atom. The Morgan fingerprint density at radius 2 is 2.37 bits per heavy atom. The maximum absolute atomic E-state index is 5.79. The van der Waals surface area contributed by atoms with Crippen LogP contribution in [-0.4, -0.2) is 30.8 Å². The molecule has 2 aliphatic carbocycles. The molecule has 0 spiro atoms. The smallest absolute Gasteiger partial charge is 0.0693 e. The molecule has 19 heavy (non-hydrogen) atoms. The zero-order valence-corrected chi connectivity index (χ0v) is 12.0. The largest absolute Gasteiger partial charge is 0.378 e. The lowest BCUT2D eigenvalue weighted by Crippen LogP contribution is -2.47. The minimum absolute atomic E-state index is 0.130. The van der Waals surface area contributed by atoms with E-state index in [1.165, 1.54) is 43.4 Å². The van der Waals surface area contributed by atoms with Crippen LogP contribution in [0.25, 0.3) is 0 Å². The minimum Gasteiger partial charge on any atom is -0.378 e. The first kappa shape index (κ1) is 13.1. The number of hydrogen-bond acceptors (Lipinski definition) is 3. The average molecular weight is 260 g/mol. The van der Waals surface area contributed by atoms with E-state index in [4.69, 9.17) is 4.74 Å². The summed E-state index contributed by atoms with van der Waals surface area (Å²) in [6, 6.07) is 4.76. The van der Waals surface area contributed by atoms with Crippen molar-refractivity contribution < 1.29 is 4.74 Å². The molecule has 1 saturated carbocycles. The minimum atomic E-state index is 0.130. The van der Waals surface area contributed by atoms with E-state index < -0.39 is 0 Å². The highest BCUT2D eigenvalue weighted by molar-refractivity contribution is 5.30. The molecule has 3 rings (SSSR count). The molecular formula is C16H24N2O. The van der Waals surface area contributed by atoms with Gasteiger partial charge in [-0.2, -0.15) is 0 Å². The molecule has 3 nitrogen and oxygen atoms in total. The predicted octanol–water partition coefficient (Wildman–Crippen LogP) is 2.66. The number of hydrogen-bond donors (Lipinski definition) is 1. The van der Waals surface area contributed by atoms with Gasteiger partial charge in [0.1, 0.15) is 0 Å². The van der Waals surface area contributed by atoms with E-state index in [1.807, 2.05) is 13.3 Å². The van der Waals surface area contributed by atoms with Gasteiger partial charge in [0.05, 0.1) is 5.60 Å². The molecule has 104 valence electrons. The second kappa shape index (κ2) is 5.22. The first-order valence-electron chi connectivity index (χ1n) is 7.44. The van der Waals surface area contributed by atoms with Gasteiger partial charge in [-0.15, -0.1) is 0 Å². The van der Waals surface area contributed by atoms with Crippen molar-refractivity contribution in [3.63, 3.8) is 0 Å². The monoisotopic (exact) mass is 260 g/mol. The van der Waals surface area contributed by atoms with Crippen molar-refractivity contribution in [3.8, 4) is 0 Å². The van der Waals surface area contributed by atoms with Crippen LogP contribution in [-0.2, 0) is 11.2 Å². The van der Waals surface area contributed by atoms with E-state index in [2.05, 4.69) is 29.5 Å². The van der Waals surface area contributed by atoms with Crippen LogP contribution in [0.15, 0.2) is 18.3 Å². The Kier molecular flexibility index (Phi) is 3.59. The van der Waals surface area contributed by atoms with Crippen LogP contribution in [0.4, 0.5) is 0 Å². The Hall–Kier alpha value is -0.930. The van der Waals surface area contributed by atoms with Gasteiger partial charge in [-0.25, -0.2) is 0 Å². The van der Waals surface area contributed by atoms with E-state index in [9.17, 15) is 0 Å². The third kappa shape index (κ3) is 2.30. The standard InChI is InChI=1S/C16H24N2O/c1-17-14(11-16(19-2)8-4-9-16)13-7-6-12-5-3-10-18-15(12)13/h3,5,10,13-14,17H,4,6-9,11H2,1-2H3. The van der Waals surface area contributed by atoms with Crippen molar-refractivity contribution in [1.29, 1.82) is 0 Å². The van der Waals surface area contributed by atoms with Crippen LogP contribution in [0.5, 0.6) is 0 Å². The zero-order valence-electron chi connectivity index (χ0n) is 12.0. The molecule has 1 fully saturated rings. The van der Waals surface area contributed by atoms with Crippen molar-refractivity contribution in [1.82, 2.24) is 10.3 Å². The Balaban J connectivity index is 1.77. The maximum Gasteiger partial charge on any atom is 0.0693 e. The van der Waals surface area contributed by atoms with Gasteiger partial charge in [0.15, 0.2) is 0 Å². The van der Waals surface area contributed by atoms with Crippen LogP contribution in [0, 0.1) is 0 Å². The lowest BCUT2D eigenvalue weighted by molar-refractivity contribution is -0.0846. The summed E-state index contributed by atoms with van der Waals surface area (Å²) in [6.45, 7) is 0. The summed E-state index contributed by atoms with van der Waals surface area (Å²) < 4.78 is 5.79. The zero-order chi connectivity index (χ0) is 13.3. The number of nitrogens with zero attached hydrogens (tertiary/aromatic N) is 1. The van der Waals surface area contributed by atoms with Gasteiger partial charge in [0.25, 0.3) is 0 Å². The highest BCUT2D eigenvalue weighted by atomic mass is 16.5. The quantitative estimate of drug-likeness (QED) is 0.884. The van der Waals surface area contributed by atoms with Crippen molar-refractivity contribution in [3.05, 3.63) is 29.6 Å². The predicted molar refractivity (Wildman–Crippen MR) is 76.4 cm³/mol. The van der Waals surface area contributed by atoms with E-state index in [1.54, 1.807) is 0 Å².